The summed E-state index contributed by atoms with van der Waals surface area (Å²) in [5.74, 6) is 0.796. The number of anilines is 2. The standard InChI is InChI=1S/C20H18BrN7O/c1-26-8-14(7-23-26)13-6-18-19(22-12-24-28(18)11-13)27-9-15(10-27)20(29)25-17-4-2-16(21)3-5-17/h2-8,11-12,15H,9-10H2,1H3,(H,25,29). The van der Waals surface area contributed by atoms with Gasteiger partial charge in [0, 0.05) is 53.8 Å². The largest absolute Gasteiger partial charge is 0.353 e. The molecule has 1 N–H and O–H groups in total. The van der Waals surface area contributed by atoms with Crippen LogP contribution in [-0.4, -0.2) is 43.4 Å². The Hall–Kier alpha value is -3.20. The minimum absolute atomic E-state index is 0.0279. The molecule has 0 aliphatic carbocycles. The van der Waals surface area contributed by atoms with Gasteiger partial charge in [0.05, 0.1) is 12.1 Å². The van der Waals surface area contributed by atoms with Crippen molar-refractivity contribution >= 4 is 38.9 Å². The van der Waals surface area contributed by atoms with Crippen LogP contribution in [0.4, 0.5) is 11.5 Å². The predicted octanol–water partition coefficient (Wildman–Crippen LogP) is 2.97. The van der Waals surface area contributed by atoms with E-state index in [9.17, 15) is 4.79 Å². The van der Waals surface area contributed by atoms with E-state index < -0.39 is 0 Å². The van der Waals surface area contributed by atoms with Gasteiger partial charge in [-0.3, -0.25) is 9.48 Å². The van der Waals surface area contributed by atoms with E-state index in [2.05, 4.69) is 47.4 Å². The first-order valence-electron chi connectivity index (χ1n) is 9.20. The maximum Gasteiger partial charge on any atom is 0.231 e. The van der Waals surface area contributed by atoms with Gasteiger partial charge in [-0.15, -0.1) is 0 Å². The first-order chi connectivity index (χ1) is 14.1. The lowest BCUT2D eigenvalue weighted by molar-refractivity contribution is -0.120. The number of fused-ring (bicyclic) bond motifs is 1. The van der Waals surface area contributed by atoms with Crippen LogP contribution in [0, 0.1) is 5.92 Å². The van der Waals surface area contributed by atoms with Gasteiger partial charge in [0.25, 0.3) is 0 Å². The van der Waals surface area contributed by atoms with Crippen molar-refractivity contribution in [3.8, 4) is 11.1 Å². The molecule has 4 aromatic rings. The van der Waals surface area contributed by atoms with Crippen molar-refractivity contribution in [2.75, 3.05) is 23.3 Å². The number of halogens is 1. The molecule has 8 nitrogen and oxygen atoms in total. The van der Waals surface area contributed by atoms with Crippen LogP contribution >= 0.6 is 15.9 Å². The molecule has 0 atom stereocenters. The first kappa shape index (κ1) is 17.9. The smallest absolute Gasteiger partial charge is 0.231 e. The number of nitrogens with zero attached hydrogens (tertiary/aromatic N) is 6. The van der Waals surface area contributed by atoms with Gasteiger partial charge in [-0.2, -0.15) is 10.2 Å². The molecule has 5 rings (SSSR count). The van der Waals surface area contributed by atoms with E-state index in [4.69, 9.17) is 0 Å². The van der Waals surface area contributed by atoms with Gasteiger partial charge in [0.15, 0.2) is 5.82 Å². The Morgan fingerprint density at radius 3 is 2.66 bits per heavy atom. The summed E-state index contributed by atoms with van der Waals surface area (Å²) >= 11 is 3.40. The van der Waals surface area contributed by atoms with E-state index in [1.807, 2.05) is 54.4 Å². The van der Waals surface area contributed by atoms with E-state index in [1.165, 1.54) is 0 Å². The molecule has 146 valence electrons. The number of benzene rings is 1. The Morgan fingerprint density at radius 2 is 1.93 bits per heavy atom. The number of amides is 1. The number of carbonyl (C=O) groups is 1. The second kappa shape index (κ2) is 7.00. The van der Waals surface area contributed by atoms with Crippen LogP contribution in [0.15, 0.2) is 59.7 Å². The molecule has 29 heavy (non-hydrogen) atoms. The van der Waals surface area contributed by atoms with Gasteiger partial charge in [-0.05, 0) is 30.3 Å². The van der Waals surface area contributed by atoms with E-state index >= 15 is 0 Å². The van der Waals surface area contributed by atoms with Crippen molar-refractivity contribution in [3.05, 3.63) is 59.7 Å². The summed E-state index contributed by atoms with van der Waals surface area (Å²) in [6.07, 6.45) is 7.31. The fourth-order valence-electron chi connectivity index (χ4n) is 3.48. The third-order valence-electron chi connectivity index (χ3n) is 5.09. The summed E-state index contributed by atoms with van der Waals surface area (Å²) in [7, 11) is 1.89. The van der Waals surface area contributed by atoms with Crippen molar-refractivity contribution in [2.45, 2.75) is 0 Å². The number of nitrogens with one attached hydrogen (secondary N) is 1. The Bertz CT molecular complexity index is 1190. The summed E-state index contributed by atoms with van der Waals surface area (Å²) < 4.78 is 4.57. The highest BCUT2D eigenvalue weighted by molar-refractivity contribution is 9.10. The van der Waals surface area contributed by atoms with Crippen molar-refractivity contribution in [2.24, 2.45) is 13.0 Å². The maximum absolute atomic E-state index is 12.5. The molecule has 4 heterocycles. The number of aryl methyl sites for hydroxylation is 1. The van der Waals surface area contributed by atoms with Crippen LogP contribution in [-0.2, 0) is 11.8 Å². The number of aromatic nitrogens is 5. The topological polar surface area (TPSA) is 80.4 Å². The van der Waals surface area contributed by atoms with Crippen molar-refractivity contribution in [3.63, 3.8) is 0 Å². The molecule has 1 aliphatic heterocycles. The SMILES string of the molecule is Cn1cc(-c2cc3c(N4CC(C(=O)Nc5ccc(Br)cc5)C4)ncnn3c2)cn1. The van der Waals surface area contributed by atoms with Crippen LogP contribution in [0.1, 0.15) is 0 Å². The van der Waals surface area contributed by atoms with Crippen molar-refractivity contribution < 1.29 is 4.79 Å². The lowest BCUT2D eigenvalue weighted by Crippen LogP contribution is -2.52. The van der Waals surface area contributed by atoms with Gasteiger partial charge >= 0.3 is 0 Å². The van der Waals surface area contributed by atoms with Gasteiger partial charge in [0.2, 0.25) is 5.91 Å². The summed E-state index contributed by atoms with van der Waals surface area (Å²) in [6, 6.07) is 9.64. The average molecular weight is 452 g/mol. The second-order valence-electron chi connectivity index (χ2n) is 7.14. The summed E-state index contributed by atoms with van der Waals surface area (Å²) in [5, 5.41) is 11.5. The van der Waals surface area contributed by atoms with Gasteiger partial charge in [-0.25, -0.2) is 9.50 Å². The Kier molecular flexibility index (Phi) is 4.31. The summed E-state index contributed by atoms with van der Waals surface area (Å²) in [4.78, 5) is 19.1. The average Bonchev–Trinajstić information content (AvgIpc) is 3.29. The zero-order chi connectivity index (χ0) is 20.0. The van der Waals surface area contributed by atoms with Crippen LogP contribution in [0.5, 0.6) is 0 Å². The molecule has 1 aromatic carbocycles. The molecule has 0 saturated carbocycles. The Morgan fingerprint density at radius 1 is 1.14 bits per heavy atom. The van der Waals surface area contributed by atoms with Gasteiger partial charge in [-0.1, -0.05) is 15.9 Å². The normalized spacial score (nSPS) is 14.2. The molecule has 0 spiro atoms. The van der Waals surface area contributed by atoms with Crippen molar-refractivity contribution in [1.29, 1.82) is 0 Å². The zero-order valence-corrected chi connectivity index (χ0v) is 17.2. The maximum atomic E-state index is 12.5. The molecule has 1 aliphatic rings. The monoisotopic (exact) mass is 451 g/mol. The Labute approximate surface area is 175 Å². The fraction of sp³-hybridized carbons (Fsp3) is 0.200. The van der Waals surface area contributed by atoms with Crippen LogP contribution in [0.2, 0.25) is 0 Å². The fourth-order valence-corrected chi connectivity index (χ4v) is 3.75. The highest BCUT2D eigenvalue weighted by Crippen LogP contribution is 2.30. The lowest BCUT2D eigenvalue weighted by Gasteiger charge is -2.39. The van der Waals surface area contributed by atoms with E-state index in [0.29, 0.717) is 13.1 Å². The van der Waals surface area contributed by atoms with Gasteiger partial charge < -0.3 is 10.2 Å². The van der Waals surface area contributed by atoms with E-state index in [1.54, 1.807) is 11.0 Å². The lowest BCUT2D eigenvalue weighted by atomic mass is 9.99. The quantitative estimate of drug-likeness (QED) is 0.515. The van der Waals surface area contributed by atoms with E-state index in [-0.39, 0.29) is 11.8 Å². The van der Waals surface area contributed by atoms with Crippen molar-refractivity contribution in [1.82, 2.24) is 24.4 Å². The molecule has 0 unspecified atom stereocenters. The summed E-state index contributed by atoms with van der Waals surface area (Å²) in [5.41, 5.74) is 3.77. The zero-order valence-electron chi connectivity index (χ0n) is 15.7. The molecule has 1 amide bonds. The molecule has 0 radical (unpaired) electrons. The molecular formula is C20H18BrN7O. The number of hydrogen-bond acceptors (Lipinski definition) is 5. The molecule has 3 aromatic heterocycles. The predicted molar refractivity (Wildman–Crippen MR) is 114 cm³/mol. The van der Waals surface area contributed by atoms with Gasteiger partial charge in [0.1, 0.15) is 11.8 Å². The summed E-state index contributed by atoms with van der Waals surface area (Å²) in [6.45, 7) is 1.25. The highest BCUT2D eigenvalue weighted by atomic mass is 79.9. The number of hydrogen-bond donors (Lipinski definition) is 1. The van der Waals surface area contributed by atoms with E-state index in [0.717, 1.165) is 32.6 Å². The highest BCUT2D eigenvalue weighted by Gasteiger charge is 2.34. The van der Waals surface area contributed by atoms with Crippen LogP contribution < -0.4 is 10.2 Å². The number of carbonyl (C=O) groups excluding carboxylic acids is 1. The molecular weight excluding hydrogens is 434 g/mol. The molecule has 1 fully saturated rings. The molecule has 0 bridgehead atoms. The minimum Gasteiger partial charge on any atom is -0.353 e. The van der Waals surface area contributed by atoms with Crippen LogP contribution in [0.25, 0.3) is 16.6 Å². The third kappa shape index (κ3) is 3.38. The Balaban J connectivity index is 1.31. The minimum atomic E-state index is -0.0681. The van der Waals surface area contributed by atoms with Crippen LogP contribution in [0.3, 0.4) is 0 Å². The second-order valence-corrected chi connectivity index (χ2v) is 8.06. The molecule has 1 saturated heterocycles. The first-order valence-corrected chi connectivity index (χ1v) is 10.00. The number of rotatable bonds is 4. The third-order valence-corrected chi connectivity index (χ3v) is 5.62. The molecule has 9 heteroatoms.